The number of thiazole rings is 1. The standard InChI is InChI=1S/C20H17N3O2S/c24-18-10-5-11-23(18)16-9-4-8-15(12-16)19(25)22-20-21-17(13-26-20)14-6-2-1-3-7-14/h1-4,6-9,12-13H,5,10-11H2,(H,21,22,25). The lowest BCUT2D eigenvalue weighted by atomic mass is 10.2. The monoisotopic (exact) mass is 363 g/mol. The summed E-state index contributed by atoms with van der Waals surface area (Å²) >= 11 is 1.39. The Balaban J connectivity index is 1.50. The molecule has 1 fully saturated rings. The predicted octanol–water partition coefficient (Wildman–Crippen LogP) is 4.19. The number of aromatic nitrogens is 1. The van der Waals surface area contributed by atoms with Crippen LogP contribution in [0.2, 0.25) is 0 Å². The second-order valence-corrected chi connectivity index (χ2v) is 6.92. The summed E-state index contributed by atoms with van der Waals surface area (Å²) in [5, 5.41) is 5.32. The van der Waals surface area contributed by atoms with E-state index < -0.39 is 0 Å². The van der Waals surface area contributed by atoms with Crippen molar-refractivity contribution in [2.75, 3.05) is 16.8 Å². The number of benzene rings is 2. The van der Waals surface area contributed by atoms with Crippen LogP contribution in [0.3, 0.4) is 0 Å². The fourth-order valence-corrected chi connectivity index (χ4v) is 3.69. The van der Waals surface area contributed by atoms with Crippen LogP contribution in [-0.4, -0.2) is 23.3 Å². The second kappa shape index (κ2) is 7.09. The molecule has 2 amide bonds. The molecule has 0 radical (unpaired) electrons. The van der Waals surface area contributed by atoms with Crippen LogP contribution in [0.25, 0.3) is 11.3 Å². The predicted molar refractivity (Wildman–Crippen MR) is 104 cm³/mol. The van der Waals surface area contributed by atoms with Crippen LogP contribution in [0.1, 0.15) is 23.2 Å². The number of rotatable bonds is 4. The van der Waals surface area contributed by atoms with E-state index in [2.05, 4.69) is 10.3 Å². The Morgan fingerprint density at radius 2 is 1.96 bits per heavy atom. The van der Waals surface area contributed by atoms with Crippen molar-refractivity contribution in [3.05, 3.63) is 65.5 Å². The lowest BCUT2D eigenvalue weighted by molar-refractivity contribution is -0.117. The van der Waals surface area contributed by atoms with Gasteiger partial charge >= 0.3 is 0 Å². The van der Waals surface area contributed by atoms with Crippen molar-refractivity contribution in [3.63, 3.8) is 0 Å². The smallest absolute Gasteiger partial charge is 0.257 e. The second-order valence-electron chi connectivity index (χ2n) is 6.06. The highest BCUT2D eigenvalue weighted by molar-refractivity contribution is 7.14. The molecule has 130 valence electrons. The number of nitrogens with one attached hydrogen (secondary N) is 1. The van der Waals surface area contributed by atoms with Crippen molar-refractivity contribution in [2.24, 2.45) is 0 Å². The topological polar surface area (TPSA) is 62.3 Å². The third-order valence-electron chi connectivity index (χ3n) is 4.29. The van der Waals surface area contributed by atoms with Crippen LogP contribution in [0.4, 0.5) is 10.8 Å². The Labute approximate surface area is 155 Å². The Bertz CT molecular complexity index is 952. The SMILES string of the molecule is O=C(Nc1nc(-c2ccccc2)cs1)c1cccc(N2CCCC2=O)c1. The molecule has 0 unspecified atom stereocenters. The van der Waals surface area contributed by atoms with Crippen molar-refractivity contribution in [1.29, 1.82) is 0 Å². The molecule has 0 saturated carbocycles. The minimum atomic E-state index is -0.229. The van der Waals surface area contributed by atoms with Crippen LogP contribution in [0, 0.1) is 0 Å². The maximum absolute atomic E-state index is 12.6. The zero-order valence-corrected chi connectivity index (χ0v) is 14.8. The van der Waals surface area contributed by atoms with Crippen LogP contribution >= 0.6 is 11.3 Å². The minimum Gasteiger partial charge on any atom is -0.312 e. The van der Waals surface area contributed by atoms with E-state index in [4.69, 9.17) is 0 Å². The first-order chi connectivity index (χ1) is 12.7. The summed E-state index contributed by atoms with van der Waals surface area (Å²) < 4.78 is 0. The molecule has 5 nitrogen and oxygen atoms in total. The van der Waals surface area contributed by atoms with Crippen LogP contribution < -0.4 is 10.2 Å². The maximum atomic E-state index is 12.6. The van der Waals surface area contributed by atoms with Gasteiger partial charge in [-0.15, -0.1) is 11.3 Å². The molecule has 6 heteroatoms. The highest BCUT2D eigenvalue weighted by Gasteiger charge is 2.22. The molecule has 1 aliphatic rings. The zero-order chi connectivity index (χ0) is 17.9. The van der Waals surface area contributed by atoms with Gasteiger partial charge in [-0.2, -0.15) is 0 Å². The van der Waals surface area contributed by atoms with Gasteiger partial charge in [0, 0.05) is 35.2 Å². The third kappa shape index (κ3) is 3.36. The molecule has 2 aromatic carbocycles. The summed E-state index contributed by atoms with van der Waals surface area (Å²) in [6.07, 6.45) is 1.43. The van der Waals surface area contributed by atoms with Crippen molar-refractivity contribution in [2.45, 2.75) is 12.8 Å². The number of carbonyl (C=O) groups excluding carboxylic acids is 2. The van der Waals surface area contributed by atoms with Gasteiger partial charge in [-0.05, 0) is 24.6 Å². The molecular formula is C20H17N3O2S. The van der Waals surface area contributed by atoms with Gasteiger partial charge < -0.3 is 4.90 Å². The third-order valence-corrected chi connectivity index (χ3v) is 5.05. The summed E-state index contributed by atoms with van der Waals surface area (Å²) in [5.41, 5.74) is 3.13. The number of anilines is 2. The lowest BCUT2D eigenvalue weighted by Gasteiger charge is -2.16. The van der Waals surface area contributed by atoms with E-state index in [1.54, 1.807) is 23.1 Å². The fourth-order valence-electron chi connectivity index (χ4n) is 2.98. The molecule has 0 aliphatic carbocycles. The van der Waals surface area contributed by atoms with E-state index in [1.807, 2.05) is 41.8 Å². The fraction of sp³-hybridized carbons (Fsp3) is 0.150. The lowest BCUT2D eigenvalue weighted by Crippen LogP contribution is -2.24. The number of amides is 2. The van der Waals surface area contributed by atoms with E-state index >= 15 is 0 Å². The molecule has 0 atom stereocenters. The maximum Gasteiger partial charge on any atom is 0.257 e. The van der Waals surface area contributed by atoms with Crippen LogP contribution in [0.15, 0.2) is 60.0 Å². The highest BCUT2D eigenvalue weighted by Crippen LogP contribution is 2.26. The van der Waals surface area contributed by atoms with Crippen molar-refractivity contribution in [3.8, 4) is 11.3 Å². The van der Waals surface area contributed by atoms with Gasteiger partial charge in [0.05, 0.1) is 5.69 Å². The summed E-state index contributed by atoms with van der Waals surface area (Å²) in [6.45, 7) is 0.705. The normalized spacial score (nSPS) is 13.8. The van der Waals surface area contributed by atoms with E-state index in [9.17, 15) is 9.59 Å². The summed E-state index contributed by atoms with van der Waals surface area (Å²) in [5.74, 6) is -0.123. The Hall–Kier alpha value is -2.99. The number of carbonyl (C=O) groups is 2. The number of nitrogens with zero attached hydrogens (tertiary/aromatic N) is 2. The number of hydrogen-bond donors (Lipinski definition) is 1. The van der Waals surface area contributed by atoms with Gasteiger partial charge in [0.1, 0.15) is 0 Å². The zero-order valence-electron chi connectivity index (χ0n) is 14.0. The first-order valence-electron chi connectivity index (χ1n) is 8.43. The molecule has 4 rings (SSSR count). The van der Waals surface area contributed by atoms with Crippen molar-refractivity contribution < 1.29 is 9.59 Å². The van der Waals surface area contributed by atoms with E-state index in [0.717, 1.165) is 23.4 Å². The number of hydrogen-bond acceptors (Lipinski definition) is 4. The summed E-state index contributed by atoms with van der Waals surface area (Å²) in [4.78, 5) is 30.7. The molecule has 1 saturated heterocycles. The average Bonchev–Trinajstić information content (AvgIpc) is 3.31. The van der Waals surface area contributed by atoms with Gasteiger partial charge in [-0.25, -0.2) is 4.98 Å². The molecule has 1 aliphatic heterocycles. The van der Waals surface area contributed by atoms with Crippen molar-refractivity contribution in [1.82, 2.24) is 4.98 Å². The molecular weight excluding hydrogens is 346 g/mol. The Morgan fingerprint density at radius 1 is 1.12 bits per heavy atom. The Kier molecular flexibility index (Phi) is 4.50. The van der Waals surface area contributed by atoms with Gasteiger partial charge in [-0.3, -0.25) is 14.9 Å². The van der Waals surface area contributed by atoms with Gasteiger partial charge in [0.25, 0.3) is 5.91 Å². The van der Waals surface area contributed by atoms with E-state index in [0.29, 0.717) is 23.7 Å². The van der Waals surface area contributed by atoms with Crippen LogP contribution in [0.5, 0.6) is 0 Å². The largest absolute Gasteiger partial charge is 0.312 e. The molecule has 3 aromatic rings. The molecule has 26 heavy (non-hydrogen) atoms. The molecule has 0 bridgehead atoms. The summed E-state index contributed by atoms with van der Waals surface area (Å²) in [7, 11) is 0. The quantitative estimate of drug-likeness (QED) is 0.756. The molecule has 2 heterocycles. The summed E-state index contributed by atoms with van der Waals surface area (Å²) in [6, 6.07) is 17.0. The highest BCUT2D eigenvalue weighted by atomic mass is 32.1. The minimum absolute atomic E-state index is 0.106. The van der Waals surface area contributed by atoms with Gasteiger partial charge in [-0.1, -0.05) is 36.4 Å². The van der Waals surface area contributed by atoms with Gasteiger partial charge in [0.15, 0.2) is 5.13 Å². The first-order valence-corrected chi connectivity index (χ1v) is 9.31. The Morgan fingerprint density at radius 3 is 2.73 bits per heavy atom. The van der Waals surface area contributed by atoms with E-state index in [-0.39, 0.29) is 11.8 Å². The molecule has 0 spiro atoms. The van der Waals surface area contributed by atoms with Crippen LogP contribution in [-0.2, 0) is 4.79 Å². The first kappa shape index (κ1) is 16.5. The van der Waals surface area contributed by atoms with E-state index in [1.165, 1.54) is 11.3 Å². The van der Waals surface area contributed by atoms with Gasteiger partial charge in [0.2, 0.25) is 5.91 Å². The molecule has 1 aromatic heterocycles. The van der Waals surface area contributed by atoms with Crippen molar-refractivity contribution >= 4 is 34.0 Å². The average molecular weight is 363 g/mol. The molecule has 1 N–H and O–H groups in total.